The second-order valence-electron chi connectivity index (χ2n) is 17.0. The van der Waals surface area contributed by atoms with E-state index in [2.05, 4.69) is 17.0 Å². The third-order valence-corrected chi connectivity index (χ3v) is 12.3. The molecule has 10 aromatic rings. The van der Waals surface area contributed by atoms with E-state index in [-0.39, 0.29) is 13.1 Å². The van der Waals surface area contributed by atoms with Crippen LogP contribution in [0.1, 0.15) is 66.3 Å². The Balaban J connectivity index is 0.000000190. The van der Waals surface area contributed by atoms with Gasteiger partial charge in [0.1, 0.15) is 76.1 Å². The van der Waals surface area contributed by atoms with Gasteiger partial charge < -0.3 is 42.4 Å². The van der Waals surface area contributed by atoms with Crippen molar-refractivity contribution in [3.05, 3.63) is 200 Å². The summed E-state index contributed by atoms with van der Waals surface area (Å²) in [5.74, 6) is 3.48. The van der Waals surface area contributed by atoms with Crippen molar-refractivity contribution in [2.45, 2.75) is 14.0 Å². The van der Waals surface area contributed by atoms with E-state index in [9.17, 15) is 24.9 Å². The molecule has 3 aromatic heterocycles. The summed E-state index contributed by atoms with van der Waals surface area (Å²) in [6, 6.07) is 52.3. The number of ether oxygens (including phenoxy) is 3. The van der Waals surface area contributed by atoms with Crippen LogP contribution < -0.4 is 19.9 Å². The number of hydrogen-bond donors (Lipinski definition) is 2. The van der Waals surface area contributed by atoms with Gasteiger partial charge in [-0.05, 0) is 164 Å². The molecular weight excluding hydrogens is 1130 g/mol. The SMILES string of the molecule is C.COc1ccc2oc(-c3cc(C=O)ccc3C#N)cc2c1.COc1ccc2oc(-c3cc(CN(C)C)ccc3C#N)cc2c1.COc1ccc2oc(B(O)O)cc2c1.N#Cc1ccc(C=O)cc1.N#Cc1ccc(C=O)cc1I. The number of fused-ring (bicyclic) bond motifs is 3. The van der Waals surface area contributed by atoms with Gasteiger partial charge in [-0.1, -0.05) is 37.8 Å². The van der Waals surface area contributed by atoms with Crippen LogP contribution in [-0.4, -0.2) is 76.3 Å². The molecule has 18 heteroatoms. The minimum absolute atomic E-state index is 0. The Bertz CT molecular complexity index is 3950. The number of halogens is 1. The summed E-state index contributed by atoms with van der Waals surface area (Å²) < 4.78 is 33.1. The van der Waals surface area contributed by atoms with Crippen molar-refractivity contribution in [1.29, 1.82) is 21.0 Å². The van der Waals surface area contributed by atoms with Crippen LogP contribution in [0.15, 0.2) is 165 Å². The van der Waals surface area contributed by atoms with Gasteiger partial charge in [0.15, 0.2) is 0 Å². The second-order valence-corrected chi connectivity index (χ2v) is 18.2. The predicted molar refractivity (Wildman–Crippen MR) is 314 cm³/mol. The summed E-state index contributed by atoms with van der Waals surface area (Å²) >= 11 is 2.03. The molecule has 7 aromatic carbocycles. The molecule has 0 spiro atoms. The zero-order chi connectivity index (χ0) is 57.0. The van der Waals surface area contributed by atoms with Gasteiger partial charge in [-0.2, -0.15) is 21.0 Å². The maximum Gasteiger partial charge on any atom is 0.526 e. The van der Waals surface area contributed by atoms with E-state index in [0.29, 0.717) is 72.9 Å². The summed E-state index contributed by atoms with van der Waals surface area (Å²) in [7, 11) is 7.28. The molecule has 400 valence electrons. The fourth-order valence-corrected chi connectivity index (χ4v) is 8.14. The highest BCUT2D eigenvalue weighted by Gasteiger charge is 2.18. The average Bonchev–Trinajstić information content (AvgIpc) is 4.24. The number of benzene rings is 7. The summed E-state index contributed by atoms with van der Waals surface area (Å²) in [4.78, 5) is 33.4. The molecule has 0 saturated carbocycles. The van der Waals surface area contributed by atoms with Crippen LogP contribution in [0.5, 0.6) is 17.2 Å². The van der Waals surface area contributed by atoms with E-state index < -0.39 is 7.12 Å². The Hall–Kier alpha value is -9.80. The van der Waals surface area contributed by atoms with Crippen molar-refractivity contribution in [2.24, 2.45) is 0 Å². The summed E-state index contributed by atoms with van der Waals surface area (Å²) in [6.07, 6.45) is 2.26. The monoisotopic (exact) mass is 1180 g/mol. The fourth-order valence-electron chi connectivity index (χ4n) is 7.48. The number of carbonyl (C=O) groups excluding carboxylic acids is 3. The maximum atomic E-state index is 10.9. The number of furan rings is 3. The van der Waals surface area contributed by atoms with E-state index in [1.165, 1.54) is 0 Å². The van der Waals surface area contributed by atoms with Crippen LogP contribution in [0.25, 0.3) is 55.6 Å². The molecule has 10 rings (SSSR count). The summed E-state index contributed by atoms with van der Waals surface area (Å²) in [5, 5.41) is 55.9. The first-order valence-electron chi connectivity index (χ1n) is 23.6. The Morgan fingerprint density at radius 1 is 0.512 bits per heavy atom. The maximum absolute atomic E-state index is 10.9. The van der Waals surface area contributed by atoms with Crippen molar-refractivity contribution in [1.82, 2.24) is 4.90 Å². The molecule has 0 bridgehead atoms. The topological polar surface area (TPSA) is 257 Å². The third kappa shape index (κ3) is 16.1. The van der Waals surface area contributed by atoms with Crippen molar-refractivity contribution in [3.8, 4) is 64.2 Å². The van der Waals surface area contributed by atoms with Gasteiger partial charge in [-0.15, -0.1) is 0 Å². The number of carbonyl (C=O) groups is 3. The minimum Gasteiger partial charge on any atom is -0.497 e. The highest BCUT2D eigenvalue weighted by molar-refractivity contribution is 14.1. The number of hydrogen-bond acceptors (Lipinski definition) is 16. The van der Waals surface area contributed by atoms with Gasteiger partial charge in [0.2, 0.25) is 0 Å². The van der Waals surface area contributed by atoms with E-state index in [1.54, 1.807) is 106 Å². The molecule has 2 N–H and O–H groups in total. The van der Waals surface area contributed by atoms with E-state index in [0.717, 1.165) is 73.3 Å². The van der Waals surface area contributed by atoms with Gasteiger partial charge in [-0.3, -0.25) is 14.4 Å². The van der Waals surface area contributed by atoms with Gasteiger partial charge in [-0.25, -0.2) is 0 Å². The quantitative estimate of drug-likeness (QED) is 0.0693. The fraction of sp³-hybridized carbons (Fsp3) is 0.113. The van der Waals surface area contributed by atoms with Crippen LogP contribution >= 0.6 is 22.6 Å². The third-order valence-electron chi connectivity index (χ3n) is 11.4. The Morgan fingerprint density at radius 2 is 0.938 bits per heavy atom. The normalized spacial score (nSPS) is 9.91. The van der Waals surface area contributed by atoms with Gasteiger partial charge in [0.25, 0.3) is 0 Å². The molecule has 3 heterocycles. The van der Waals surface area contributed by atoms with Crippen LogP contribution in [0.4, 0.5) is 0 Å². The van der Waals surface area contributed by atoms with Gasteiger partial charge in [0.05, 0.1) is 61.8 Å². The molecule has 0 aliphatic rings. The Kier molecular flexibility index (Phi) is 22.6. The number of rotatable bonds is 11. The first-order chi connectivity index (χ1) is 38.2. The van der Waals surface area contributed by atoms with Crippen molar-refractivity contribution < 1.29 is 51.9 Å². The zero-order valence-corrected chi connectivity index (χ0v) is 45.3. The summed E-state index contributed by atoms with van der Waals surface area (Å²) in [5.41, 5.74) is 8.75. The Labute approximate surface area is 475 Å². The predicted octanol–water partition coefficient (Wildman–Crippen LogP) is 11.9. The highest BCUT2D eigenvalue weighted by Crippen LogP contribution is 2.34. The summed E-state index contributed by atoms with van der Waals surface area (Å²) in [6.45, 7) is 0.812. The van der Waals surface area contributed by atoms with E-state index in [1.807, 2.05) is 116 Å². The van der Waals surface area contributed by atoms with Crippen LogP contribution in [0, 0.1) is 48.9 Å². The van der Waals surface area contributed by atoms with Crippen LogP contribution in [0.3, 0.4) is 0 Å². The highest BCUT2D eigenvalue weighted by atomic mass is 127. The molecule has 0 radical (unpaired) electrons. The number of nitriles is 4. The average molecular weight is 1180 g/mol. The largest absolute Gasteiger partial charge is 0.526 e. The molecule has 0 unspecified atom stereocenters. The molecule has 0 amide bonds. The zero-order valence-electron chi connectivity index (χ0n) is 43.1. The van der Waals surface area contributed by atoms with E-state index in [4.69, 9.17) is 48.0 Å². The van der Waals surface area contributed by atoms with E-state index >= 15 is 0 Å². The minimum atomic E-state index is -1.58. The lowest BCUT2D eigenvalue weighted by molar-refractivity contribution is 0.111. The molecule has 0 atom stereocenters. The molecule has 16 nitrogen and oxygen atoms in total. The number of methoxy groups -OCH3 is 3. The van der Waals surface area contributed by atoms with Crippen LogP contribution in [0.2, 0.25) is 0 Å². The molecule has 80 heavy (non-hydrogen) atoms. The second kappa shape index (κ2) is 29.6. The standard InChI is InChI=1S/C19H18N2O2.C17H11NO3.C9H9BO4.C8H4INO.C8H5NO.CH4/c1-21(2)12-13-4-5-14(11-20)17(8-13)19-10-15-9-16(22-3)6-7-18(15)23-19;1-20-14-4-5-16-13(7-14)8-17(21-16)15-6-11(10-19)2-3-12(15)9-18;1-13-7-2-3-8-6(4-7)5-9(14-8)10(11)12;9-8-3-6(5-11)1-2-7(8)4-10;9-5-7-1-3-8(6-10)4-2-7;/h4-10H,12H2,1-3H3;2-8,10H,1H3;2-5,11-12H,1H3;1-3,5H;1-4,6H;1H4. The molecular formula is C62H51BIN5O11. The lowest BCUT2D eigenvalue weighted by Crippen LogP contribution is -2.27. The van der Waals surface area contributed by atoms with Crippen molar-refractivity contribution in [3.63, 3.8) is 0 Å². The molecule has 0 aliphatic heterocycles. The first kappa shape index (κ1) is 61.1. The number of nitrogens with zero attached hydrogens (tertiary/aromatic N) is 5. The van der Waals surface area contributed by atoms with Gasteiger partial charge >= 0.3 is 7.12 Å². The molecule has 0 saturated heterocycles. The van der Waals surface area contributed by atoms with Crippen molar-refractivity contribution in [2.75, 3.05) is 35.4 Å². The van der Waals surface area contributed by atoms with Crippen LogP contribution in [-0.2, 0) is 6.54 Å². The molecule has 0 aliphatic carbocycles. The lowest BCUT2D eigenvalue weighted by atomic mass is 9.88. The first-order valence-corrected chi connectivity index (χ1v) is 24.6. The van der Waals surface area contributed by atoms with Crippen molar-refractivity contribution >= 4 is 87.1 Å². The Morgan fingerprint density at radius 3 is 1.36 bits per heavy atom. The lowest BCUT2D eigenvalue weighted by Gasteiger charge is -2.11. The number of aldehydes is 3. The molecule has 0 fully saturated rings. The smallest absolute Gasteiger partial charge is 0.497 e. The van der Waals surface area contributed by atoms with Gasteiger partial charge in [0, 0.05) is 54.1 Å².